The Morgan fingerprint density at radius 3 is 2.00 bits per heavy atom. The highest BCUT2D eigenvalue weighted by Gasteiger charge is 2.42. The number of alkyl halides is 1. The summed E-state index contributed by atoms with van der Waals surface area (Å²) in [6.45, 7) is 4.00. The van der Waals surface area contributed by atoms with Crippen molar-refractivity contribution < 1.29 is 29.0 Å². The second kappa shape index (κ2) is 15.0. The second-order valence-electron chi connectivity index (χ2n) is 5.29. The number of aliphatic hydroxyl groups is 1. The van der Waals surface area contributed by atoms with Gasteiger partial charge in [-0.2, -0.15) is 0 Å². The maximum absolute atomic E-state index is 13.9. The van der Waals surface area contributed by atoms with Crippen LogP contribution in [0.5, 0.6) is 0 Å². The molecule has 0 aliphatic carbocycles. The number of hydrogen-bond donors (Lipinski definition) is 3. The fourth-order valence-corrected chi connectivity index (χ4v) is 3.33. The summed E-state index contributed by atoms with van der Waals surface area (Å²) in [5, 5.41) is 14.7. The second-order valence-corrected chi connectivity index (χ2v) is 6.52. The SMILES string of the molecule is CC.CO.NC(=O)c1cccc(N2C(=O)C(CC(=O)O)SC2F)c1.c1ccccc1. The van der Waals surface area contributed by atoms with Crippen LogP contribution in [0.2, 0.25) is 0 Å². The van der Waals surface area contributed by atoms with E-state index < -0.39 is 35.1 Å². The van der Waals surface area contributed by atoms with E-state index in [0.29, 0.717) is 11.8 Å². The third kappa shape index (κ3) is 8.62. The van der Waals surface area contributed by atoms with Crippen LogP contribution in [0.15, 0.2) is 60.7 Å². The highest BCUT2D eigenvalue weighted by atomic mass is 32.2. The van der Waals surface area contributed by atoms with Crippen LogP contribution < -0.4 is 10.6 Å². The number of aliphatic hydroxyl groups excluding tert-OH is 1. The van der Waals surface area contributed by atoms with Gasteiger partial charge in [0.1, 0.15) is 0 Å². The molecule has 0 radical (unpaired) electrons. The Kier molecular flexibility index (Phi) is 13.5. The highest BCUT2D eigenvalue weighted by Crippen LogP contribution is 2.37. The molecule has 2 atom stereocenters. The Bertz CT molecular complexity index is 765. The molecule has 7 nitrogen and oxygen atoms in total. The van der Waals surface area contributed by atoms with Gasteiger partial charge in [-0.25, -0.2) is 4.39 Å². The van der Waals surface area contributed by atoms with Crippen molar-refractivity contribution in [1.29, 1.82) is 0 Å². The van der Waals surface area contributed by atoms with Crippen LogP contribution in [0.3, 0.4) is 0 Å². The minimum atomic E-state index is -1.69. The van der Waals surface area contributed by atoms with Gasteiger partial charge in [0.2, 0.25) is 17.4 Å². The van der Waals surface area contributed by atoms with Gasteiger partial charge in [0, 0.05) is 18.4 Å². The molecule has 2 aromatic rings. The normalized spacial score (nSPS) is 16.7. The topological polar surface area (TPSA) is 121 Å². The fraction of sp³-hybridized carbons (Fsp3) is 0.286. The predicted molar refractivity (Wildman–Crippen MR) is 117 cm³/mol. The van der Waals surface area contributed by atoms with Gasteiger partial charge in [-0.15, -0.1) is 0 Å². The van der Waals surface area contributed by atoms with Crippen molar-refractivity contribution in [2.45, 2.75) is 31.1 Å². The molecule has 0 aromatic heterocycles. The van der Waals surface area contributed by atoms with E-state index in [-0.39, 0.29) is 11.3 Å². The smallest absolute Gasteiger partial charge is 0.305 e. The third-order valence-corrected chi connectivity index (χ3v) is 4.56. The number of thioether (sulfide) groups is 1. The van der Waals surface area contributed by atoms with Crippen LogP contribution >= 0.6 is 11.8 Å². The zero-order chi connectivity index (χ0) is 23.1. The van der Waals surface area contributed by atoms with Crippen LogP contribution in [-0.2, 0) is 9.59 Å². The maximum Gasteiger partial charge on any atom is 0.305 e. The number of anilines is 1. The Balaban J connectivity index is 0.000000702. The van der Waals surface area contributed by atoms with E-state index in [1.165, 1.54) is 24.3 Å². The number of aliphatic carboxylic acids is 1. The van der Waals surface area contributed by atoms with Gasteiger partial charge in [0.25, 0.3) is 0 Å². The minimum Gasteiger partial charge on any atom is -0.481 e. The number of amides is 2. The number of carbonyl (C=O) groups excluding carboxylic acids is 2. The number of carbonyl (C=O) groups is 3. The molecule has 4 N–H and O–H groups in total. The number of nitrogens with two attached hydrogens (primary N) is 1. The Morgan fingerprint density at radius 2 is 1.57 bits per heavy atom. The average Bonchev–Trinajstić information content (AvgIpc) is 3.05. The fourth-order valence-electron chi connectivity index (χ4n) is 2.24. The standard InChI is InChI=1S/C12H11FN2O4S.C6H6.C2H6.CH4O/c13-12-15(11(19)8(20-12)5-9(16)17)7-3-1-2-6(4-7)10(14)18;1-2-4-6-5-3-1;2*1-2/h1-4,8,12H,5H2,(H2,14,18)(H,16,17);1-6H;1-2H3;2H,1H3. The molecule has 0 bridgehead atoms. The lowest BCUT2D eigenvalue weighted by Gasteiger charge is -2.18. The van der Waals surface area contributed by atoms with Crippen molar-refractivity contribution in [3.05, 3.63) is 66.2 Å². The molecular formula is C21H27FN2O5S. The van der Waals surface area contributed by atoms with Crippen LogP contribution in [0.1, 0.15) is 30.6 Å². The van der Waals surface area contributed by atoms with Crippen molar-refractivity contribution in [3.63, 3.8) is 0 Å². The molecule has 1 aliphatic rings. The number of carboxylic acid groups (broad SMARTS) is 1. The molecule has 2 aromatic carbocycles. The van der Waals surface area contributed by atoms with E-state index in [1.54, 1.807) is 0 Å². The number of primary amides is 1. The summed E-state index contributed by atoms with van der Waals surface area (Å²) in [5.74, 6) is -2.49. The van der Waals surface area contributed by atoms with Crippen LogP contribution in [0, 0.1) is 0 Å². The molecule has 3 rings (SSSR count). The molecule has 1 fully saturated rings. The first kappa shape index (κ1) is 27.1. The highest BCUT2D eigenvalue weighted by molar-refractivity contribution is 8.01. The monoisotopic (exact) mass is 438 g/mol. The number of hydrogen-bond acceptors (Lipinski definition) is 5. The number of nitrogens with zero attached hydrogens (tertiary/aromatic N) is 1. The molecular weight excluding hydrogens is 411 g/mol. The van der Waals surface area contributed by atoms with E-state index in [9.17, 15) is 18.8 Å². The molecule has 0 saturated carbocycles. The maximum atomic E-state index is 13.9. The summed E-state index contributed by atoms with van der Waals surface area (Å²) in [6.07, 6.45) is -0.448. The van der Waals surface area contributed by atoms with Crippen LogP contribution in [0.4, 0.5) is 10.1 Å². The van der Waals surface area contributed by atoms with Gasteiger partial charge in [-0.1, -0.05) is 68.1 Å². The minimum absolute atomic E-state index is 0.147. The van der Waals surface area contributed by atoms with E-state index in [4.69, 9.17) is 15.9 Å². The Morgan fingerprint density at radius 1 is 1.07 bits per heavy atom. The van der Waals surface area contributed by atoms with Crippen molar-refractivity contribution in [2.24, 2.45) is 5.73 Å². The van der Waals surface area contributed by atoms with Gasteiger partial charge in [0.15, 0.2) is 0 Å². The zero-order valence-corrected chi connectivity index (χ0v) is 17.9. The third-order valence-electron chi connectivity index (χ3n) is 3.43. The zero-order valence-electron chi connectivity index (χ0n) is 17.1. The Hall–Kier alpha value is -2.91. The molecule has 1 aliphatic heterocycles. The lowest BCUT2D eigenvalue weighted by atomic mass is 10.1. The van der Waals surface area contributed by atoms with Crippen LogP contribution in [-0.4, -0.2) is 46.0 Å². The van der Waals surface area contributed by atoms with Crippen molar-refractivity contribution in [2.75, 3.05) is 12.0 Å². The summed E-state index contributed by atoms with van der Waals surface area (Å²) in [7, 11) is 1.00. The Labute approximate surface area is 179 Å². The number of benzene rings is 2. The molecule has 1 saturated heterocycles. The molecule has 164 valence electrons. The lowest BCUT2D eigenvalue weighted by molar-refractivity contribution is -0.138. The summed E-state index contributed by atoms with van der Waals surface area (Å²) in [4.78, 5) is 34.6. The van der Waals surface area contributed by atoms with Crippen molar-refractivity contribution in [1.82, 2.24) is 0 Å². The predicted octanol–water partition coefficient (Wildman–Crippen LogP) is 3.28. The summed E-state index contributed by atoms with van der Waals surface area (Å²) < 4.78 is 13.9. The van der Waals surface area contributed by atoms with Crippen LogP contribution in [0.25, 0.3) is 0 Å². The van der Waals surface area contributed by atoms with Crippen molar-refractivity contribution in [3.8, 4) is 0 Å². The quantitative estimate of drug-likeness (QED) is 0.630. The summed E-state index contributed by atoms with van der Waals surface area (Å²) in [5.41, 5.74) is 3.77. The first-order valence-corrected chi connectivity index (χ1v) is 10.0. The largest absolute Gasteiger partial charge is 0.481 e. The van der Waals surface area contributed by atoms with Gasteiger partial charge < -0.3 is 15.9 Å². The van der Waals surface area contributed by atoms with E-state index in [1.807, 2.05) is 50.2 Å². The first-order chi connectivity index (χ1) is 14.4. The van der Waals surface area contributed by atoms with Gasteiger partial charge in [0.05, 0.1) is 11.7 Å². The molecule has 30 heavy (non-hydrogen) atoms. The first-order valence-electron chi connectivity index (χ1n) is 9.09. The summed E-state index contributed by atoms with van der Waals surface area (Å²) >= 11 is 0.632. The molecule has 2 amide bonds. The van der Waals surface area contributed by atoms with Gasteiger partial charge in [-0.3, -0.25) is 19.3 Å². The molecule has 9 heteroatoms. The van der Waals surface area contributed by atoms with Crippen molar-refractivity contribution >= 4 is 35.2 Å². The average molecular weight is 439 g/mol. The lowest BCUT2D eigenvalue weighted by Crippen LogP contribution is -2.33. The summed E-state index contributed by atoms with van der Waals surface area (Å²) in [6, 6.07) is 17.7. The van der Waals surface area contributed by atoms with E-state index >= 15 is 0 Å². The van der Waals surface area contributed by atoms with Gasteiger partial charge in [-0.05, 0) is 18.2 Å². The molecule has 2 unspecified atom stereocenters. The number of carboxylic acids is 1. The number of halogens is 1. The van der Waals surface area contributed by atoms with Gasteiger partial charge >= 0.3 is 5.97 Å². The van der Waals surface area contributed by atoms with E-state index in [2.05, 4.69) is 0 Å². The molecule has 0 spiro atoms. The number of rotatable bonds is 4. The molecule has 1 heterocycles. The van der Waals surface area contributed by atoms with E-state index in [0.717, 1.165) is 12.0 Å².